The lowest BCUT2D eigenvalue weighted by Crippen LogP contribution is -2.28. The van der Waals surface area contributed by atoms with Crippen LogP contribution in [0.15, 0.2) is 27.5 Å². The summed E-state index contributed by atoms with van der Waals surface area (Å²) in [5.74, 6) is -1.83. The Morgan fingerprint density at radius 2 is 2.00 bits per heavy atom. The van der Waals surface area contributed by atoms with Gasteiger partial charge in [0.25, 0.3) is 11.5 Å². The molecule has 1 heterocycles. The minimum Gasteiger partial charge on any atom is -0.465 e. The van der Waals surface area contributed by atoms with E-state index in [2.05, 4.69) is 10.1 Å². The molecule has 1 amide bonds. The summed E-state index contributed by atoms with van der Waals surface area (Å²) in [5, 5.41) is 4.37. The van der Waals surface area contributed by atoms with E-state index in [4.69, 9.17) is 4.52 Å². The normalized spacial score (nSPS) is 11.2. The van der Waals surface area contributed by atoms with E-state index in [-0.39, 0.29) is 23.4 Å². The standard InChI is InChI=1S/C15H13F3N2O5/c1-7-11(13(22)20-25-7)12(21)19-6-8-3-4-10(15(16,17)18)9(5-8)14(23)24-2/h3-5H,6H2,1-2H3,(H,19,21)(H,20,22). The van der Waals surface area contributed by atoms with Gasteiger partial charge in [-0.15, -0.1) is 0 Å². The Morgan fingerprint density at radius 3 is 2.52 bits per heavy atom. The number of H-pyrrole nitrogens is 1. The monoisotopic (exact) mass is 358 g/mol. The summed E-state index contributed by atoms with van der Waals surface area (Å²) in [6, 6.07) is 2.81. The first-order chi connectivity index (χ1) is 11.6. The second-order valence-corrected chi connectivity index (χ2v) is 5.02. The van der Waals surface area contributed by atoms with Crippen LogP contribution in [-0.4, -0.2) is 24.1 Å². The predicted octanol–water partition coefficient (Wildman–Crippen LogP) is 2.01. The summed E-state index contributed by atoms with van der Waals surface area (Å²) in [7, 11) is 0.963. The number of ether oxygens (including phenoxy) is 1. The van der Waals surface area contributed by atoms with Crippen molar-refractivity contribution in [3.63, 3.8) is 0 Å². The fourth-order valence-electron chi connectivity index (χ4n) is 2.15. The number of hydrogen-bond donors (Lipinski definition) is 2. The summed E-state index contributed by atoms with van der Waals surface area (Å²) >= 11 is 0. The molecular weight excluding hydrogens is 345 g/mol. The molecule has 2 N–H and O–H groups in total. The Bertz CT molecular complexity index is 867. The number of carbonyl (C=O) groups is 2. The lowest BCUT2D eigenvalue weighted by molar-refractivity contribution is -0.138. The van der Waals surface area contributed by atoms with E-state index in [1.165, 1.54) is 6.92 Å². The quantitative estimate of drug-likeness (QED) is 0.814. The molecule has 2 rings (SSSR count). The summed E-state index contributed by atoms with van der Waals surface area (Å²) < 4.78 is 47.9. The highest BCUT2D eigenvalue weighted by atomic mass is 19.4. The fraction of sp³-hybridized carbons (Fsp3) is 0.267. The molecule has 0 aliphatic heterocycles. The molecule has 0 aliphatic carbocycles. The van der Waals surface area contributed by atoms with Crippen molar-refractivity contribution < 1.29 is 32.0 Å². The molecule has 1 aromatic carbocycles. The fourth-order valence-corrected chi connectivity index (χ4v) is 2.15. The van der Waals surface area contributed by atoms with E-state index in [1.54, 1.807) is 0 Å². The predicted molar refractivity (Wildman–Crippen MR) is 78.0 cm³/mol. The maximum absolute atomic E-state index is 12.9. The average molecular weight is 358 g/mol. The van der Waals surface area contributed by atoms with E-state index in [1.807, 2.05) is 5.16 Å². The minimum absolute atomic E-state index is 0.0742. The van der Waals surface area contributed by atoms with Crippen LogP contribution in [0.4, 0.5) is 13.2 Å². The number of carbonyl (C=O) groups excluding carboxylic acids is 2. The zero-order chi connectivity index (χ0) is 18.8. The van der Waals surface area contributed by atoms with Crippen LogP contribution in [0.5, 0.6) is 0 Å². The maximum atomic E-state index is 12.9. The van der Waals surface area contributed by atoms with Crippen LogP contribution in [0.1, 0.15) is 37.6 Å². The van der Waals surface area contributed by atoms with Crippen molar-refractivity contribution in [2.24, 2.45) is 0 Å². The summed E-state index contributed by atoms with van der Waals surface area (Å²) in [4.78, 5) is 35.0. The van der Waals surface area contributed by atoms with Gasteiger partial charge in [0.1, 0.15) is 11.3 Å². The van der Waals surface area contributed by atoms with Crippen LogP contribution in [0, 0.1) is 6.92 Å². The van der Waals surface area contributed by atoms with E-state index in [9.17, 15) is 27.6 Å². The molecular formula is C15H13F3N2O5. The van der Waals surface area contributed by atoms with Crippen molar-refractivity contribution in [3.05, 3.63) is 56.6 Å². The molecule has 134 valence electrons. The van der Waals surface area contributed by atoms with Crippen LogP contribution >= 0.6 is 0 Å². The number of aryl methyl sites for hydroxylation is 1. The topological polar surface area (TPSA) is 101 Å². The second kappa shape index (κ2) is 6.83. The molecule has 0 radical (unpaired) electrons. The number of methoxy groups -OCH3 is 1. The van der Waals surface area contributed by atoms with Gasteiger partial charge in [-0.25, -0.2) is 4.79 Å². The number of hydrogen-bond acceptors (Lipinski definition) is 5. The van der Waals surface area contributed by atoms with Crippen molar-refractivity contribution in [1.29, 1.82) is 0 Å². The molecule has 0 saturated heterocycles. The highest BCUT2D eigenvalue weighted by molar-refractivity contribution is 5.94. The Morgan fingerprint density at radius 1 is 1.32 bits per heavy atom. The van der Waals surface area contributed by atoms with Gasteiger partial charge in [-0.1, -0.05) is 6.07 Å². The van der Waals surface area contributed by atoms with Crippen LogP contribution in [0.3, 0.4) is 0 Å². The van der Waals surface area contributed by atoms with Crippen molar-refractivity contribution in [2.75, 3.05) is 7.11 Å². The number of aromatic amines is 1. The number of amides is 1. The lowest BCUT2D eigenvalue weighted by atomic mass is 10.0. The summed E-state index contributed by atoms with van der Waals surface area (Å²) in [6.07, 6.45) is -4.73. The summed E-state index contributed by atoms with van der Waals surface area (Å²) in [6.45, 7) is 1.20. The van der Waals surface area contributed by atoms with Crippen LogP contribution < -0.4 is 10.9 Å². The SMILES string of the molecule is COC(=O)c1cc(CNC(=O)c2c(C)o[nH]c2=O)ccc1C(F)(F)F. The van der Waals surface area contributed by atoms with E-state index < -0.39 is 34.7 Å². The van der Waals surface area contributed by atoms with Gasteiger partial charge >= 0.3 is 12.1 Å². The first kappa shape index (κ1) is 18.3. The molecule has 2 aromatic rings. The van der Waals surface area contributed by atoms with Crippen LogP contribution in [-0.2, 0) is 17.5 Å². The van der Waals surface area contributed by atoms with E-state index in [0.717, 1.165) is 25.3 Å². The van der Waals surface area contributed by atoms with Gasteiger partial charge in [-0.2, -0.15) is 18.3 Å². The van der Waals surface area contributed by atoms with Crippen LogP contribution in [0.25, 0.3) is 0 Å². The van der Waals surface area contributed by atoms with E-state index in [0.29, 0.717) is 0 Å². The van der Waals surface area contributed by atoms with Crippen molar-refractivity contribution in [2.45, 2.75) is 19.6 Å². The Balaban J connectivity index is 2.25. The molecule has 7 nitrogen and oxygen atoms in total. The molecule has 0 saturated carbocycles. The van der Waals surface area contributed by atoms with E-state index >= 15 is 0 Å². The number of rotatable bonds is 4. The number of aromatic nitrogens is 1. The first-order valence-corrected chi connectivity index (χ1v) is 6.90. The molecule has 25 heavy (non-hydrogen) atoms. The van der Waals surface area contributed by atoms with Gasteiger partial charge in [0.05, 0.1) is 18.2 Å². The Kier molecular flexibility index (Phi) is 5.00. The molecule has 0 aliphatic rings. The molecule has 0 bridgehead atoms. The molecule has 10 heteroatoms. The average Bonchev–Trinajstić information content (AvgIpc) is 2.89. The number of alkyl halides is 3. The minimum atomic E-state index is -4.73. The van der Waals surface area contributed by atoms with Crippen molar-refractivity contribution in [3.8, 4) is 0 Å². The van der Waals surface area contributed by atoms with Crippen molar-refractivity contribution in [1.82, 2.24) is 10.5 Å². The highest BCUT2D eigenvalue weighted by Crippen LogP contribution is 2.32. The molecule has 0 spiro atoms. The van der Waals surface area contributed by atoms with Gasteiger partial charge < -0.3 is 14.6 Å². The number of esters is 1. The third-order valence-corrected chi connectivity index (χ3v) is 3.35. The Labute approximate surface area is 138 Å². The number of nitrogens with one attached hydrogen (secondary N) is 2. The maximum Gasteiger partial charge on any atom is 0.417 e. The third kappa shape index (κ3) is 3.90. The summed E-state index contributed by atoms with van der Waals surface area (Å²) in [5.41, 5.74) is -2.55. The number of benzene rings is 1. The van der Waals surface area contributed by atoms with Gasteiger partial charge in [-0.05, 0) is 24.6 Å². The first-order valence-electron chi connectivity index (χ1n) is 6.90. The Hall–Kier alpha value is -3.04. The molecule has 0 unspecified atom stereocenters. The lowest BCUT2D eigenvalue weighted by Gasteiger charge is -2.13. The highest BCUT2D eigenvalue weighted by Gasteiger charge is 2.35. The van der Waals surface area contributed by atoms with Gasteiger partial charge in [0.15, 0.2) is 0 Å². The van der Waals surface area contributed by atoms with Gasteiger partial charge in [-0.3, -0.25) is 9.59 Å². The van der Waals surface area contributed by atoms with Gasteiger partial charge in [0, 0.05) is 6.54 Å². The zero-order valence-electron chi connectivity index (χ0n) is 13.1. The van der Waals surface area contributed by atoms with Crippen LogP contribution in [0.2, 0.25) is 0 Å². The molecule has 0 fully saturated rings. The smallest absolute Gasteiger partial charge is 0.417 e. The molecule has 0 atom stereocenters. The third-order valence-electron chi connectivity index (χ3n) is 3.35. The second-order valence-electron chi connectivity index (χ2n) is 5.02. The largest absolute Gasteiger partial charge is 0.465 e. The van der Waals surface area contributed by atoms with Gasteiger partial charge in [0.2, 0.25) is 0 Å². The zero-order valence-corrected chi connectivity index (χ0v) is 13.1. The van der Waals surface area contributed by atoms with Crippen molar-refractivity contribution >= 4 is 11.9 Å². The molecule has 1 aromatic heterocycles. The number of halogens is 3.